The molecule has 0 saturated carbocycles. The van der Waals surface area contributed by atoms with Crippen molar-refractivity contribution < 1.29 is 0 Å². The SMILES string of the molecule is O=c1cc(Cl)[nH]nc1-c1ccccc1.O=c1cccn[nH]1. The van der Waals surface area contributed by atoms with E-state index in [2.05, 4.69) is 20.4 Å². The van der Waals surface area contributed by atoms with Crippen LogP contribution in [0.15, 0.2) is 64.3 Å². The Hall–Kier alpha value is -2.73. The topological polar surface area (TPSA) is 91.5 Å². The molecule has 3 rings (SSSR count). The molecule has 6 nitrogen and oxygen atoms in total. The van der Waals surface area contributed by atoms with Crippen LogP contribution in [-0.4, -0.2) is 20.4 Å². The third-order valence-corrected chi connectivity index (χ3v) is 2.59. The summed E-state index contributed by atoms with van der Waals surface area (Å²) < 4.78 is 0. The maximum atomic E-state index is 11.5. The number of halogens is 1. The molecule has 0 amide bonds. The first kappa shape index (κ1) is 14.7. The zero-order valence-corrected chi connectivity index (χ0v) is 11.5. The van der Waals surface area contributed by atoms with Crippen LogP contribution in [0.1, 0.15) is 0 Å². The molecule has 7 heteroatoms. The van der Waals surface area contributed by atoms with Crippen molar-refractivity contribution in [2.75, 3.05) is 0 Å². The summed E-state index contributed by atoms with van der Waals surface area (Å²) in [6.07, 6.45) is 1.52. The Bertz CT molecular complexity index is 797. The second-order valence-corrected chi connectivity index (χ2v) is 4.32. The smallest absolute Gasteiger partial charge is 0.264 e. The molecule has 1 aromatic carbocycles. The molecule has 0 spiro atoms. The number of H-pyrrole nitrogens is 2. The van der Waals surface area contributed by atoms with Gasteiger partial charge in [-0.05, 0) is 6.07 Å². The minimum Gasteiger partial charge on any atom is -0.287 e. The lowest BCUT2D eigenvalue weighted by Crippen LogP contribution is -2.07. The van der Waals surface area contributed by atoms with Gasteiger partial charge in [0.25, 0.3) is 5.56 Å². The highest BCUT2D eigenvalue weighted by atomic mass is 35.5. The minimum atomic E-state index is -0.181. The Labute approximate surface area is 124 Å². The second kappa shape index (κ2) is 7.16. The van der Waals surface area contributed by atoms with Gasteiger partial charge in [0.15, 0.2) is 0 Å². The van der Waals surface area contributed by atoms with Crippen LogP contribution in [0.25, 0.3) is 11.3 Å². The largest absolute Gasteiger partial charge is 0.287 e. The van der Waals surface area contributed by atoms with Gasteiger partial charge in [-0.15, -0.1) is 0 Å². The van der Waals surface area contributed by atoms with Crippen molar-refractivity contribution in [3.63, 3.8) is 0 Å². The molecule has 0 aliphatic rings. The molecule has 2 aromatic heterocycles. The van der Waals surface area contributed by atoms with Gasteiger partial charge in [0, 0.05) is 23.9 Å². The Morgan fingerprint density at radius 3 is 2.24 bits per heavy atom. The van der Waals surface area contributed by atoms with Crippen molar-refractivity contribution in [3.8, 4) is 11.3 Å². The molecule has 0 atom stereocenters. The summed E-state index contributed by atoms with van der Waals surface area (Å²) in [7, 11) is 0. The lowest BCUT2D eigenvalue weighted by atomic mass is 10.1. The average Bonchev–Trinajstić information content (AvgIpc) is 2.49. The molecular formula is C14H11ClN4O2. The summed E-state index contributed by atoms with van der Waals surface area (Å²) >= 11 is 5.59. The summed E-state index contributed by atoms with van der Waals surface area (Å²) in [6.45, 7) is 0. The number of benzene rings is 1. The molecule has 0 radical (unpaired) electrons. The number of hydrogen-bond acceptors (Lipinski definition) is 4. The molecular weight excluding hydrogens is 292 g/mol. The summed E-state index contributed by atoms with van der Waals surface area (Å²) in [6, 6.07) is 13.5. The molecule has 0 bridgehead atoms. The fourth-order valence-electron chi connectivity index (χ4n) is 1.49. The van der Waals surface area contributed by atoms with E-state index in [0.29, 0.717) is 5.69 Å². The molecule has 0 fully saturated rings. The third-order valence-electron chi connectivity index (χ3n) is 2.40. The minimum absolute atomic E-state index is 0.164. The lowest BCUT2D eigenvalue weighted by molar-refractivity contribution is 0.988. The number of aromatic amines is 2. The standard InChI is InChI=1S/C10H7ClN2O.C4H4N2O/c11-9-6-8(14)10(13-12-9)7-4-2-1-3-5-7;7-4-2-1-3-5-6-4/h1-6H,(H,12,14);1-3H,(H,6,7). The van der Waals surface area contributed by atoms with E-state index in [0.717, 1.165) is 5.56 Å². The van der Waals surface area contributed by atoms with Crippen LogP contribution in [-0.2, 0) is 0 Å². The van der Waals surface area contributed by atoms with Crippen LogP contribution in [0, 0.1) is 0 Å². The Morgan fingerprint density at radius 1 is 0.952 bits per heavy atom. The van der Waals surface area contributed by atoms with E-state index < -0.39 is 0 Å². The van der Waals surface area contributed by atoms with E-state index >= 15 is 0 Å². The highest BCUT2D eigenvalue weighted by molar-refractivity contribution is 6.29. The lowest BCUT2D eigenvalue weighted by Gasteiger charge is -1.98. The van der Waals surface area contributed by atoms with Crippen LogP contribution < -0.4 is 11.0 Å². The van der Waals surface area contributed by atoms with Gasteiger partial charge in [0.1, 0.15) is 10.8 Å². The van der Waals surface area contributed by atoms with Crippen molar-refractivity contribution in [3.05, 3.63) is 80.5 Å². The first-order valence-corrected chi connectivity index (χ1v) is 6.35. The number of nitrogens with one attached hydrogen (secondary N) is 2. The highest BCUT2D eigenvalue weighted by Crippen LogP contribution is 2.11. The fraction of sp³-hybridized carbons (Fsp3) is 0. The summed E-state index contributed by atoms with van der Waals surface area (Å²) in [5.74, 6) is 0. The molecule has 106 valence electrons. The zero-order chi connectivity index (χ0) is 15.1. The second-order valence-electron chi connectivity index (χ2n) is 3.91. The van der Waals surface area contributed by atoms with Crippen molar-refractivity contribution in [2.24, 2.45) is 0 Å². The maximum absolute atomic E-state index is 11.5. The molecule has 3 aromatic rings. The Kier molecular flexibility index (Phi) is 5.00. The Balaban J connectivity index is 0.000000194. The summed E-state index contributed by atoms with van der Waals surface area (Å²) in [5.41, 5.74) is 0.822. The van der Waals surface area contributed by atoms with Crippen LogP contribution in [0.5, 0.6) is 0 Å². The van der Waals surface area contributed by atoms with Crippen LogP contribution in [0.4, 0.5) is 0 Å². The maximum Gasteiger partial charge on any atom is 0.264 e. The van der Waals surface area contributed by atoms with Gasteiger partial charge in [-0.25, -0.2) is 5.10 Å². The van der Waals surface area contributed by atoms with Crippen LogP contribution in [0.3, 0.4) is 0 Å². The molecule has 0 aliphatic carbocycles. The monoisotopic (exact) mass is 302 g/mol. The highest BCUT2D eigenvalue weighted by Gasteiger charge is 2.03. The number of aromatic nitrogens is 4. The van der Waals surface area contributed by atoms with Crippen LogP contribution in [0.2, 0.25) is 5.15 Å². The molecule has 0 aliphatic heterocycles. The molecule has 21 heavy (non-hydrogen) atoms. The van der Waals surface area contributed by atoms with Gasteiger partial charge in [0.2, 0.25) is 5.43 Å². The first-order valence-electron chi connectivity index (χ1n) is 5.97. The van der Waals surface area contributed by atoms with E-state index in [9.17, 15) is 9.59 Å². The molecule has 2 heterocycles. The van der Waals surface area contributed by atoms with Crippen LogP contribution >= 0.6 is 11.6 Å². The van der Waals surface area contributed by atoms with E-state index in [1.54, 1.807) is 6.07 Å². The van der Waals surface area contributed by atoms with Crippen molar-refractivity contribution in [2.45, 2.75) is 0 Å². The molecule has 2 N–H and O–H groups in total. The van der Waals surface area contributed by atoms with Crippen molar-refractivity contribution in [1.29, 1.82) is 0 Å². The third kappa shape index (κ3) is 4.39. The molecule has 0 saturated heterocycles. The van der Waals surface area contributed by atoms with Gasteiger partial charge in [-0.3, -0.25) is 14.7 Å². The van der Waals surface area contributed by atoms with Gasteiger partial charge in [0.05, 0.1) is 0 Å². The van der Waals surface area contributed by atoms with Crippen molar-refractivity contribution >= 4 is 11.6 Å². The van der Waals surface area contributed by atoms with E-state index in [1.807, 2.05) is 30.3 Å². The summed E-state index contributed by atoms with van der Waals surface area (Å²) in [4.78, 5) is 21.6. The Morgan fingerprint density at radius 2 is 1.71 bits per heavy atom. The average molecular weight is 303 g/mol. The fourth-order valence-corrected chi connectivity index (χ4v) is 1.64. The van der Waals surface area contributed by atoms with Gasteiger partial charge in [-0.2, -0.15) is 10.2 Å². The number of nitrogens with zero attached hydrogens (tertiary/aromatic N) is 2. The quantitative estimate of drug-likeness (QED) is 0.717. The zero-order valence-electron chi connectivity index (χ0n) is 10.8. The van der Waals surface area contributed by atoms with E-state index in [-0.39, 0.29) is 16.1 Å². The normalized spacial score (nSPS) is 9.57. The van der Waals surface area contributed by atoms with Gasteiger partial charge >= 0.3 is 0 Å². The summed E-state index contributed by atoms with van der Waals surface area (Å²) in [5, 5.41) is 12.4. The first-order chi connectivity index (χ1) is 10.2. The van der Waals surface area contributed by atoms with Gasteiger partial charge in [-0.1, -0.05) is 41.9 Å². The van der Waals surface area contributed by atoms with Crippen molar-refractivity contribution in [1.82, 2.24) is 20.4 Å². The van der Waals surface area contributed by atoms with Gasteiger partial charge < -0.3 is 0 Å². The number of hydrogen-bond donors (Lipinski definition) is 2. The predicted molar refractivity (Wildman–Crippen MR) is 80.2 cm³/mol. The number of rotatable bonds is 1. The predicted octanol–water partition coefficient (Wildman–Crippen LogP) is 1.86. The molecule has 0 unspecified atom stereocenters. The van der Waals surface area contributed by atoms with E-state index in [1.165, 1.54) is 18.3 Å². The van der Waals surface area contributed by atoms with E-state index in [4.69, 9.17) is 11.6 Å².